The van der Waals surface area contributed by atoms with Crippen molar-refractivity contribution in [1.29, 1.82) is 0 Å². The van der Waals surface area contributed by atoms with Gasteiger partial charge in [0.05, 0.1) is 12.6 Å². The molecule has 0 aliphatic carbocycles. The van der Waals surface area contributed by atoms with Crippen molar-refractivity contribution in [2.45, 2.75) is 33.3 Å². The van der Waals surface area contributed by atoms with E-state index in [9.17, 15) is 4.79 Å². The summed E-state index contributed by atoms with van der Waals surface area (Å²) in [5.74, 6) is 0.701. The second kappa shape index (κ2) is 5.26. The largest absolute Gasteiger partial charge is 0.497 e. The van der Waals surface area contributed by atoms with Gasteiger partial charge in [0.25, 0.3) is 0 Å². The molecule has 0 spiro atoms. The SMILES string of the molecule is COc1ccc2c3cc[nH+]c(C)c3n(C(=O)OC(C)(C)C)c2c1. The molecular formula is C18H21N2O3+. The first-order chi connectivity index (χ1) is 10.8. The van der Waals surface area contributed by atoms with E-state index in [2.05, 4.69) is 4.98 Å². The number of methoxy groups -OCH3 is 1. The number of pyridine rings is 1. The third-order valence-electron chi connectivity index (χ3n) is 3.70. The molecule has 0 amide bonds. The fourth-order valence-electron chi connectivity index (χ4n) is 2.77. The van der Waals surface area contributed by atoms with Gasteiger partial charge in [-0.3, -0.25) is 0 Å². The van der Waals surface area contributed by atoms with E-state index in [1.54, 1.807) is 11.7 Å². The first-order valence-corrected chi connectivity index (χ1v) is 7.54. The zero-order valence-electron chi connectivity index (χ0n) is 14.1. The Morgan fingerprint density at radius 1 is 1.17 bits per heavy atom. The molecule has 2 aromatic heterocycles. The molecule has 0 unspecified atom stereocenters. The van der Waals surface area contributed by atoms with E-state index in [4.69, 9.17) is 9.47 Å². The van der Waals surface area contributed by atoms with E-state index >= 15 is 0 Å². The molecule has 0 aliphatic heterocycles. The highest BCUT2D eigenvalue weighted by atomic mass is 16.6. The molecule has 120 valence electrons. The van der Waals surface area contributed by atoms with Gasteiger partial charge >= 0.3 is 6.09 Å². The molecule has 0 fully saturated rings. The number of carbonyl (C=O) groups excluding carboxylic acids is 1. The van der Waals surface area contributed by atoms with Crippen LogP contribution in [-0.4, -0.2) is 23.4 Å². The second-order valence-corrected chi connectivity index (χ2v) is 6.56. The highest BCUT2D eigenvalue weighted by molar-refractivity contribution is 6.13. The number of carbonyl (C=O) groups is 1. The Kier molecular flexibility index (Phi) is 3.51. The third kappa shape index (κ3) is 2.63. The maximum absolute atomic E-state index is 12.8. The number of hydrogen-bond donors (Lipinski definition) is 0. The van der Waals surface area contributed by atoms with Crippen molar-refractivity contribution >= 4 is 27.9 Å². The number of hydrogen-bond acceptors (Lipinski definition) is 3. The molecule has 0 aliphatic rings. The predicted molar refractivity (Wildman–Crippen MR) is 88.9 cm³/mol. The summed E-state index contributed by atoms with van der Waals surface area (Å²) >= 11 is 0. The molecule has 0 saturated carbocycles. The standard InChI is InChI=1S/C18H20N2O3/c1-11-16-14(8-9-19-11)13-7-6-12(22-5)10-15(13)20(16)17(21)23-18(2,3)4/h6-10H,1-5H3/p+1. The zero-order chi connectivity index (χ0) is 16.8. The summed E-state index contributed by atoms with van der Waals surface area (Å²) in [6.07, 6.45) is 1.48. The molecule has 0 bridgehead atoms. The minimum atomic E-state index is -0.564. The number of H-pyrrole nitrogens is 1. The maximum atomic E-state index is 12.8. The summed E-state index contributed by atoms with van der Waals surface area (Å²) < 4.78 is 12.5. The van der Waals surface area contributed by atoms with E-state index in [1.807, 2.05) is 58.2 Å². The first kappa shape index (κ1) is 15.3. The predicted octanol–water partition coefficient (Wildman–Crippen LogP) is 3.71. The number of aryl methyl sites for hydroxylation is 1. The van der Waals surface area contributed by atoms with Crippen LogP contribution in [0.25, 0.3) is 21.8 Å². The van der Waals surface area contributed by atoms with Crippen molar-refractivity contribution in [2.24, 2.45) is 0 Å². The van der Waals surface area contributed by atoms with Gasteiger partial charge in [-0.05, 0) is 32.9 Å². The lowest BCUT2D eigenvalue weighted by atomic mass is 10.1. The Balaban J connectivity index is 2.37. The van der Waals surface area contributed by atoms with E-state index in [0.717, 1.165) is 27.5 Å². The molecule has 1 N–H and O–H groups in total. The number of nitrogens with one attached hydrogen (secondary N) is 1. The van der Waals surface area contributed by atoms with E-state index < -0.39 is 11.7 Å². The van der Waals surface area contributed by atoms with Crippen LogP contribution >= 0.6 is 0 Å². The Labute approximate surface area is 134 Å². The molecule has 5 nitrogen and oxygen atoms in total. The Hall–Kier alpha value is -2.56. The van der Waals surface area contributed by atoms with E-state index in [-0.39, 0.29) is 0 Å². The van der Waals surface area contributed by atoms with Crippen LogP contribution in [0.4, 0.5) is 4.79 Å². The topological polar surface area (TPSA) is 54.6 Å². The van der Waals surface area contributed by atoms with Gasteiger partial charge in [0.1, 0.15) is 16.9 Å². The van der Waals surface area contributed by atoms with E-state index in [0.29, 0.717) is 5.75 Å². The smallest absolute Gasteiger partial charge is 0.419 e. The summed E-state index contributed by atoms with van der Waals surface area (Å²) in [4.78, 5) is 15.9. The van der Waals surface area contributed by atoms with Crippen molar-refractivity contribution in [2.75, 3.05) is 7.11 Å². The lowest BCUT2D eigenvalue weighted by molar-refractivity contribution is -0.385. The molecule has 0 atom stereocenters. The van der Waals surface area contributed by atoms with Gasteiger partial charge in [0, 0.05) is 29.8 Å². The number of benzene rings is 1. The summed E-state index contributed by atoms with van der Waals surface area (Å²) in [6.45, 7) is 7.52. The summed E-state index contributed by atoms with van der Waals surface area (Å²) in [5, 5.41) is 1.99. The molecule has 23 heavy (non-hydrogen) atoms. The average molecular weight is 313 g/mol. The summed E-state index contributed by atoms with van der Waals surface area (Å²) in [6, 6.07) is 7.70. The number of aromatic nitrogens is 2. The van der Waals surface area contributed by atoms with Crippen LogP contribution in [0.3, 0.4) is 0 Å². The quantitative estimate of drug-likeness (QED) is 0.688. The lowest BCUT2D eigenvalue weighted by Gasteiger charge is -2.20. The van der Waals surface area contributed by atoms with Crippen molar-refractivity contribution in [3.63, 3.8) is 0 Å². The Morgan fingerprint density at radius 3 is 2.57 bits per heavy atom. The number of aromatic amines is 1. The Morgan fingerprint density at radius 2 is 1.91 bits per heavy atom. The molecular weight excluding hydrogens is 292 g/mol. The van der Waals surface area contributed by atoms with E-state index in [1.165, 1.54) is 0 Å². The molecule has 0 radical (unpaired) electrons. The van der Waals surface area contributed by atoms with Crippen molar-refractivity contribution < 1.29 is 19.3 Å². The fraction of sp³-hybridized carbons (Fsp3) is 0.333. The fourth-order valence-corrected chi connectivity index (χ4v) is 2.77. The highest BCUT2D eigenvalue weighted by Crippen LogP contribution is 2.32. The van der Waals surface area contributed by atoms with Gasteiger partial charge in [-0.1, -0.05) is 0 Å². The molecule has 3 rings (SSSR count). The van der Waals surface area contributed by atoms with Crippen molar-refractivity contribution in [3.05, 3.63) is 36.2 Å². The van der Waals surface area contributed by atoms with Crippen LogP contribution in [0.5, 0.6) is 5.75 Å². The van der Waals surface area contributed by atoms with Gasteiger partial charge in [-0.15, -0.1) is 0 Å². The van der Waals surface area contributed by atoms with Crippen LogP contribution in [-0.2, 0) is 4.74 Å². The molecule has 3 aromatic rings. The zero-order valence-corrected chi connectivity index (χ0v) is 14.1. The molecule has 0 saturated heterocycles. The monoisotopic (exact) mass is 313 g/mol. The highest BCUT2D eigenvalue weighted by Gasteiger charge is 2.25. The van der Waals surface area contributed by atoms with Crippen molar-refractivity contribution in [3.8, 4) is 5.75 Å². The van der Waals surface area contributed by atoms with Crippen LogP contribution in [0.1, 0.15) is 26.5 Å². The van der Waals surface area contributed by atoms with Gasteiger partial charge in [-0.2, -0.15) is 0 Å². The second-order valence-electron chi connectivity index (χ2n) is 6.56. The molecule has 1 aromatic carbocycles. The Bertz CT molecular complexity index is 904. The van der Waals surface area contributed by atoms with Gasteiger partial charge in [-0.25, -0.2) is 14.3 Å². The average Bonchev–Trinajstić information content (AvgIpc) is 2.80. The summed E-state index contributed by atoms with van der Waals surface area (Å²) in [5.41, 5.74) is 1.94. The van der Waals surface area contributed by atoms with Crippen LogP contribution in [0.2, 0.25) is 0 Å². The minimum absolute atomic E-state index is 0.395. The van der Waals surface area contributed by atoms with Crippen LogP contribution in [0.15, 0.2) is 30.5 Å². The van der Waals surface area contributed by atoms with Gasteiger partial charge in [0.2, 0.25) is 5.69 Å². The molecule has 5 heteroatoms. The molecule has 2 heterocycles. The van der Waals surface area contributed by atoms with Crippen molar-refractivity contribution in [1.82, 2.24) is 4.57 Å². The van der Waals surface area contributed by atoms with Gasteiger partial charge in [0.15, 0.2) is 6.20 Å². The summed E-state index contributed by atoms with van der Waals surface area (Å²) in [7, 11) is 1.61. The third-order valence-corrected chi connectivity index (χ3v) is 3.70. The number of rotatable bonds is 1. The number of nitrogens with zero attached hydrogens (tertiary/aromatic N) is 1. The minimum Gasteiger partial charge on any atom is -0.497 e. The number of ether oxygens (including phenoxy) is 2. The van der Waals surface area contributed by atoms with Crippen LogP contribution < -0.4 is 9.72 Å². The van der Waals surface area contributed by atoms with Crippen LogP contribution in [0, 0.1) is 6.92 Å². The number of fused-ring (bicyclic) bond motifs is 3. The first-order valence-electron chi connectivity index (χ1n) is 7.54. The lowest BCUT2D eigenvalue weighted by Crippen LogP contribution is -2.27. The maximum Gasteiger partial charge on any atom is 0.419 e. The van der Waals surface area contributed by atoms with Gasteiger partial charge < -0.3 is 9.47 Å². The normalized spacial score (nSPS) is 11.9.